The van der Waals surface area contributed by atoms with Crippen molar-refractivity contribution in [3.8, 4) is 11.1 Å². The highest BCUT2D eigenvalue weighted by molar-refractivity contribution is 5.77. The minimum Gasteiger partial charge on any atom is -0.462 e. The van der Waals surface area contributed by atoms with Crippen molar-refractivity contribution in [2.45, 2.75) is 64.0 Å². The minimum absolute atomic E-state index is 0.236. The zero-order valence-corrected chi connectivity index (χ0v) is 21.1. The Bertz CT molecular complexity index is 1310. The first-order chi connectivity index (χ1) is 16.7. The number of aromatic nitrogens is 2. The zero-order valence-electron chi connectivity index (χ0n) is 21.1. The lowest BCUT2D eigenvalue weighted by Gasteiger charge is -2.29. The maximum Gasteiger partial charge on any atom is 0.285 e. The second kappa shape index (κ2) is 8.76. The number of ether oxygens (including phenoxy) is 1. The van der Waals surface area contributed by atoms with Crippen LogP contribution in [0.1, 0.15) is 60.6 Å². The first-order valence-electron chi connectivity index (χ1n) is 12.5. The van der Waals surface area contributed by atoms with E-state index in [1.54, 1.807) is 6.33 Å². The molecule has 2 aliphatic rings. The Balaban J connectivity index is 1.71. The SMILES string of the molecule is CCc1cc2c(cc1-c1cnc[n+](C)c1)C1(COC(N)=N1)c1cc(CCC(C)(C)O)ccc1CC2. The molecule has 2 heterocycles. The number of rotatable bonds is 5. The summed E-state index contributed by atoms with van der Waals surface area (Å²) in [7, 11) is 1.99. The van der Waals surface area contributed by atoms with Crippen LogP contribution >= 0.6 is 0 Å². The maximum atomic E-state index is 10.3. The van der Waals surface area contributed by atoms with Crippen LogP contribution in [0.15, 0.2) is 54.0 Å². The molecule has 6 heteroatoms. The van der Waals surface area contributed by atoms with E-state index in [1.165, 1.54) is 27.8 Å². The largest absolute Gasteiger partial charge is 0.462 e. The van der Waals surface area contributed by atoms with Crippen molar-refractivity contribution in [3.05, 3.63) is 82.4 Å². The van der Waals surface area contributed by atoms with Gasteiger partial charge in [-0.1, -0.05) is 36.2 Å². The highest BCUT2D eigenvalue weighted by atomic mass is 16.5. The van der Waals surface area contributed by atoms with Crippen molar-refractivity contribution in [2.24, 2.45) is 17.8 Å². The topological polar surface area (TPSA) is 84.6 Å². The number of hydrogen-bond donors (Lipinski definition) is 2. The van der Waals surface area contributed by atoms with Gasteiger partial charge in [-0.3, -0.25) is 0 Å². The molecule has 1 aliphatic carbocycles. The average molecular weight is 472 g/mol. The minimum atomic E-state index is -0.707. The Labute approximate surface area is 207 Å². The molecule has 3 aromatic rings. The summed E-state index contributed by atoms with van der Waals surface area (Å²) in [6.07, 6.45) is 10.2. The van der Waals surface area contributed by atoms with Crippen LogP contribution in [-0.4, -0.2) is 28.3 Å². The molecule has 0 fully saturated rings. The predicted molar refractivity (Wildman–Crippen MR) is 137 cm³/mol. The molecular weight excluding hydrogens is 436 g/mol. The molecule has 182 valence electrons. The third kappa shape index (κ3) is 4.43. The number of hydrogen-bond acceptors (Lipinski definition) is 5. The molecule has 0 amide bonds. The fourth-order valence-electron chi connectivity index (χ4n) is 5.45. The highest BCUT2D eigenvalue weighted by Gasteiger charge is 2.44. The zero-order chi connectivity index (χ0) is 24.8. The molecule has 0 saturated carbocycles. The van der Waals surface area contributed by atoms with Crippen LogP contribution in [0, 0.1) is 0 Å². The van der Waals surface area contributed by atoms with Gasteiger partial charge in [0.05, 0.1) is 18.2 Å². The van der Waals surface area contributed by atoms with Crippen molar-refractivity contribution in [3.63, 3.8) is 0 Å². The molecular formula is C29H35N4O2+. The lowest BCUT2D eigenvalue weighted by Crippen LogP contribution is -2.29. The van der Waals surface area contributed by atoms with Gasteiger partial charge >= 0.3 is 0 Å². The number of nitrogens with zero attached hydrogens (tertiary/aromatic N) is 3. The number of benzene rings is 2. The van der Waals surface area contributed by atoms with Crippen LogP contribution < -0.4 is 10.3 Å². The summed E-state index contributed by atoms with van der Waals surface area (Å²) in [5.41, 5.74) is 14.5. The van der Waals surface area contributed by atoms with Crippen molar-refractivity contribution < 1.29 is 14.4 Å². The molecule has 1 spiro atoms. The van der Waals surface area contributed by atoms with Gasteiger partial charge in [-0.25, -0.2) is 9.56 Å². The Morgan fingerprint density at radius 1 is 1.14 bits per heavy atom. The van der Waals surface area contributed by atoms with Gasteiger partial charge in [0, 0.05) is 0 Å². The van der Waals surface area contributed by atoms with Crippen molar-refractivity contribution in [1.29, 1.82) is 0 Å². The fourth-order valence-corrected chi connectivity index (χ4v) is 5.45. The van der Waals surface area contributed by atoms with E-state index in [0.29, 0.717) is 13.0 Å². The second-order valence-electron chi connectivity index (χ2n) is 10.6. The van der Waals surface area contributed by atoms with Gasteiger partial charge in [0.2, 0.25) is 0 Å². The quantitative estimate of drug-likeness (QED) is 0.558. The summed E-state index contributed by atoms with van der Waals surface area (Å²) < 4.78 is 7.84. The van der Waals surface area contributed by atoms with Gasteiger partial charge in [0.1, 0.15) is 12.8 Å². The Hall–Kier alpha value is -3.25. The highest BCUT2D eigenvalue weighted by Crippen LogP contribution is 2.45. The Kier molecular flexibility index (Phi) is 5.88. The third-order valence-corrected chi connectivity index (χ3v) is 7.31. The molecule has 35 heavy (non-hydrogen) atoms. The fraction of sp³-hybridized carbons (Fsp3) is 0.414. The standard InChI is InChI=1S/C29H35N4O2/c1-5-20-13-22-9-8-21-7-6-19(10-11-28(2,3)34)12-25(21)29(17-35-27(30)32-29)26(22)14-24(20)23-15-31-18-33(4)16-23/h6-7,12-16,18,34H,5,8-11,17H2,1-4H3,(H2,30,32)/q+1. The molecule has 6 nitrogen and oxygen atoms in total. The van der Waals surface area contributed by atoms with Gasteiger partial charge in [0.25, 0.3) is 12.3 Å². The molecule has 0 radical (unpaired) electrons. The lowest BCUT2D eigenvalue weighted by atomic mass is 9.78. The summed E-state index contributed by atoms with van der Waals surface area (Å²) in [6.45, 7) is 6.30. The van der Waals surface area contributed by atoms with E-state index < -0.39 is 11.1 Å². The molecule has 0 bridgehead atoms. The van der Waals surface area contributed by atoms with E-state index in [-0.39, 0.29) is 6.02 Å². The third-order valence-electron chi connectivity index (χ3n) is 7.31. The molecule has 1 unspecified atom stereocenters. The van der Waals surface area contributed by atoms with Gasteiger partial charge < -0.3 is 15.6 Å². The van der Waals surface area contributed by atoms with E-state index in [4.69, 9.17) is 15.5 Å². The number of fused-ring (bicyclic) bond motifs is 4. The number of aliphatic imine (C=N–C) groups is 1. The first-order valence-corrected chi connectivity index (χ1v) is 12.5. The monoisotopic (exact) mass is 471 g/mol. The second-order valence-corrected chi connectivity index (χ2v) is 10.6. The van der Waals surface area contributed by atoms with E-state index in [0.717, 1.165) is 42.4 Å². The van der Waals surface area contributed by atoms with Gasteiger partial charge in [0.15, 0.2) is 11.7 Å². The Morgan fingerprint density at radius 3 is 2.60 bits per heavy atom. The summed E-state index contributed by atoms with van der Waals surface area (Å²) in [5, 5.41) is 10.3. The van der Waals surface area contributed by atoms with Crippen LogP contribution in [0.4, 0.5) is 0 Å². The van der Waals surface area contributed by atoms with Crippen LogP contribution in [-0.2, 0) is 43.0 Å². The molecule has 0 saturated heterocycles. The number of nitrogens with two attached hydrogens (primary N) is 1. The molecule has 2 aromatic carbocycles. The average Bonchev–Trinajstić information content (AvgIpc) is 3.17. The van der Waals surface area contributed by atoms with E-state index in [1.807, 2.05) is 31.7 Å². The van der Waals surface area contributed by atoms with Gasteiger partial charge in [-0.05, 0) is 91.0 Å². The first kappa shape index (κ1) is 23.5. The maximum absolute atomic E-state index is 10.3. The summed E-state index contributed by atoms with van der Waals surface area (Å²) >= 11 is 0. The van der Waals surface area contributed by atoms with Crippen LogP contribution in [0.3, 0.4) is 0 Å². The smallest absolute Gasteiger partial charge is 0.285 e. The van der Waals surface area contributed by atoms with Crippen molar-refractivity contribution in [2.75, 3.05) is 6.61 Å². The van der Waals surface area contributed by atoms with Gasteiger partial charge in [-0.15, -0.1) is 0 Å². The Morgan fingerprint density at radius 2 is 1.91 bits per heavy atom. The van der Waals surface area contributed by atoms with Crippen molar-refractivity contribution in [1.82, 2.24) is 4.98 Å². The molecule has 3 N–H and O–H groups in total. The molecule has 5 rings (SSSR count). The normalized spacial score (nSPS) is 19.1. The summed E-state index contributed by atoms with van der Waals surface area (Å²) in [6, 6.07) is 11.6. The predicted octanol–water partition coefficient (Wildman–Crippen LogP) is 3.53. The van der Waals surface area contributed by atoms with E-state index >= 15 is 0 Å². The number of amidine groups is 1. The number of aliphatic hydroxyl groups is 1. The van der Waals surface area contributed by atoms with Gasteiger partial charge in [-0.2, -0.15) is 0 Å². The molecule has 1 aliphatic heterocycles. The summed E-state index contributed by atoms with van der Waals surface area (Å²) in [4.78, 5) is 9.41. The number of aryl methyl sites for hydroxylation is 5. The van der Waals surface area contributed by atoms with Crippen molar-refractivity contribution >= 4 is 6.02 Å². The lowest BCUT2D eigenvalue weighted by molar-refractivity contribution is -0.674. The van der Waals surface area contributed by atoms with E-state index in [2.05, 4.69) is 48.4 Å². The molecule has 1 atom stereocenters. The van der Waals surface area contributed by atoms with Crippen LogP contribution in [0.25, 0.3) is 11.1 Å². The van der Waals surface area contributed by atoms with Crippen LogP contribution in [0.5, 0.6) is 0 Å². The molecule has 1 aromatic heterocycles. The summed E-state index contributed by atoms with van der Waals surface area (Å²) in [5.74, 6) is 0. The van der Waals surface area contributed by atoms with Crippen LogP contribution in [0.2, 0.25) is 0 Å². The van der Waals surface area contributed by atoms with E-state index in [9.17, 15) is 5.11 Å².